The fourth-order valence-electron chi connectivity index (χ4n) is 3.10. The molecule has 0 unspecified atom stereocenters. The number of nitrogens with one attached hydrogen (secondary N) is 2. The molecule has 0 saturated carbocycles. The first kappa shape index (κ1) is 24.5. The minimum Gasteiger partial charge on any atom is -0.484 e. The molecule has 7 nitrogen and oxygen atoms in total. The Bertz CT molecular complexity index is 1020. The zero-order valence-electron chi connectivity index (χ0n) is 17.8. The molecule has 3 rings (SSSR count). The minimum atomic E-state index is -0.489. The van der Waals surface area contributed by atoms with Crippen LogP contribution in [0.5, 0.6) is 5.75 Å². The molecule has 0 atom stereocenters. The van der Waals surface area contributed by atoms with Crippen molar-refractivity contribution in [1.82, 2.24) is 10.6 Å². The molecule has 3 aromatic rings. The van der Waals surface area contributed by atoms with Gasteiger partial charge in [0, 0.05) is 24.0 Å². The Morgan fingerprint density at radius 2 is 1.87 bits per heavy atom. The van der Waals surface area contributed by atoms with Gasteiger partial charge in [-0.1, -0.05) is 30.3 Å². The van der Waals surface area contributed by atoms with Gasteiger partial charge in [-0.25, -0.2) is 4.99 Å². The maximum Gasteiger partial charge on any atom is 0.255 e. The molecule has 1 amide bonds. The number of para-hydroxylation sites is 1. The smallest absolute Gasteiger partial charge is 0.255 e. The van der Waals surface area contributed by atoms with Crippen LogP contribution in [0.2, 0.25) is 0 Å². The van der Waals surface area contributed by atoms with E-state index in [1.165, 1.54) is 0 Å². The van der Waals surface area contributed by atoms with E-state index in [1.807, 2.05) is 49.4 Å². The van der Waals surface area contributed by atoms with E-state index in [2.05, 4.69) is 28.6 Å². The highest BCUT2D eigenvalue weighted by Gasteiger charge is 2.09. The first-order chi connectivity index (χ1) is 14.6. The fourth-order valence-corrected chi connectivity index (χ4v) is 3.10. The van der Waals surface area contributed by atoms with Crippen molar-refractivity contribution in [2.45, 2.75) is 26.8 Å². The predicted octanol–water partition coefficient (Wildman–Crippen LogP) is 3.52. The van der Waals surface area contributed by atoms with E-state index in [9.17, 15) is 4.79 Å². The van der Waals surface area contributed by atoms with E-state index in [0.717, 1.165) is 53.3 Å². The normalized spacial score (nSPS) is 11.1. The molecule has 0 aliphatic heterocycles. The summed E-state index contributed by atoms with van der Waals surface area (Å²) in [5, 5.41) is 7.74. The summed E-state index contributed by atoms with van der Waals surface area (Å²) in [6.45, 7) is 5.96. The van der Waals surface area contributed by atoms with Crippen molar-refractivity contribution in [3.8, 4) is 5.75 Å². The Morgan fingerprint density at radius 3 is 2.55 bits per heavy atom. The lowest BCUT2D eigenvalue weighted by Gasteiger charge is -2.11. The topological polar surface area (TPSA) is 102 Å². The van der Waals surface area contributed by atoms with Crippen LogP contribution in [-0.2, 0) is 17.8 Å². The summed E-state index contributed by atoms with van der Waals surface area (Å²) < 4.78 is 11.2. The number of nitrogens with zero attached hydrogens (tertiary/aromatic N) is 1. The number of rotatable bonds is 9. The Kier molecular flexibility index (Phi) is 9.64. The van der Waals surface area contributed by atoms with Crippen LogP contribution in [0.4, 0.5) is 0 Å². The summed E-state index contributed by atoms with van der Waals surface area (Å²) in [5.41, 5.74) is 8.25. The van der Waals surface area contributed by atoms with Gasteiger partial charge >= 0.3 is 0 Å². The Hall–Kier alpha value is -2.75. The molecule has 0 spiro atoms. The van der Waals surface area contributed by atoms with Crippen molar-refractivity contribution in [2.24, 2.45) is 10.7 Å². The SMILES string of the molecule is CCNC(=NCc1oc2ccccc2c1C)NCCc1ccc(OCC(N)=O)cc1.I. The van der Waals surface area contributed by atoms with E-state index in [0.29, 0.717) is 12.3 Å². The summed E-state index contributed by atoms with van der Waals surface area (Å²) in [7, 11) is 0. The molecule has 0 radical (unpaired) electrons. The summed E-state index contributed by atoms with van der Waals surface area (Å²) >= 11 is 0. The summed E-state index contributed by atoms with van der Waals surface area (Å²) in [6.07, 6.45) is 0.824. The van der Waals surface area contributed by atoms with Crippen LogP contribution >= 0.6 is 24.0 Å². The lowest BCUT2D eigenvalue weighted by molar-refractivity contribution is -0.119. The number of guanidine groups is 1. The molecule has 1 aromatic heterocycles. The molecule has 2 aromatic carbocycles. The van der Waals surface area contributed by atoms with Crippen molar-refractivity contribution < 1.29 is 13.9 Å². The van der Waals surface area contributed by atoms with Gasteiger partial charge in [0.05, 0.1) is 0 Å². The third kappa shape index (κ3) is 7.16. The minimum absolute atomic E-state index is 0. The first-order valence-corrected chi connectivity index (χ1v) is 10.1. The highest BCUT2D eigenvalue weighted by Crippen LogP contribution is 2.25. The average molecular weight is 536 g/mol. The second kappa shape index (κ2) is 12.2. The van der Waals surface area contributed by atoms with Crippen LogP contribution in [0.15, 0.2) is 57.9 Å². The van der Waals surface area contributed by atoms with Crippen molar-refractivity contribution >= 4 is 46.8 Å². The standard InChI is InChI=1S/C23H28N4O3.HI/c1-3-25-23(27-14-21-16(2)19-6-4-5-7-20(19)30-21)26-13-12-17-8-10-18(11-9-17)29-15-22(24)28;/h4-11H,3,12-15H2,1-2H3,(H2,24,28)(H2,25,26,27);1H. The predicted molar refractivity (Wildman–Crippen MR) is 134 cm³/mol. The molecule has 0 aliphatic carbocycles. The molecule has 0 fully saturated rings. The highest BCUT2D eigenvalue weighted by atomic mass is 127. The number of hydrogen-bond donors (Lipinski definition) is 3. The average Bonchev–Trinajstić information content (AvgIpc) is 3.07. The number of aliphatic imine (C=N–C) groups is 1. The number of aryl methyl sites for hydroxylation is 1. The number of furan rings is 1. The Balaban J connectivity index is 0.00000341. The maximum atomic E-state index is 10.8. The zero-order chi connectivity index (χ0) is 21.3. The van der Waals surface area contributed by atoms with E-state index in [4.69, 9.17) is 14.9 Å². The number of benzene rings is 2. The van der Waals surface area contributed by atoms with Crippen molar-refractivity contribution in [1.29, 1.82) is 0 Å². The molecule has 1 heterocycles. The van der Waals surface area contributed by atoms with Crippen molar-refractivity contribution in [3.05, 3.63) is 65.4 Å². The number of ether oxygens (including phenoxy) is 1. The van der Waals surface area contributed by atoms with Crippen LogP contribution in [0, 0.1) is 6.92 Å². The van der Waals surface area contributed by atoms with Gasteiger partial charge in [-0.15, -0.1) is 24.0 Å². The van der Waals surface area contributed by atoms with Crippen LogP contribution < -0.4 is 21.1 Å². The largest absolute Gasteiger partial charge is 0.484 e. The van der Waals surface area contributed by atoms with Crippen molar-refractivity contribution in [3.63, 3.8) is 0 Å². The summed E-state index contributed by atoms with van der Waals surface area (Å²) in [6, 6.07) is 15.6. The van der Waals surface area contributed by atoms with Gasteiger partial charge in [0.25, 0.3) is 5.91 Å². The third-order valence-corrected chi connectivity index (χ3v) is 4.68. The monoisotopic (exact) mass is 536 g/mol. The lowest BCUT2D eigenvalue weighted by atomic mass is 10.1. The van der Waals surface area contributed by atoms with E-state index in [1.54, 1.807) is 0 Å². The van der Waals surface area contributed by atoms with Crippen LogP contribution in [-0.4, -0.2) is 31.6 Å². The number of carbonyl (C=O) groups excluding carboxylic acids is 1. The molecular weight excluding hydrogens is 507 g/mol. The molecule has 8 heteroatoms. The highest BCUT2D eigenvalue weighted by molar-refractivity contribution is 14.0. The number of halogens is 1. The number of fused-ring (bicyclic) bond motifs is 1. The Morgan fingerprint density at radius 1 is 1.13 bits per heavy atom. The third-order valence-electron chi connectivity index (χ3n) is 4.68. The first-order valence-electron chi connectivity index (χ1n) is 10.1. The quantitative estimate of drug-likeness (QED) is 0.221. The summed E-state index contributed by atoms with van der Waals surface area (Å²) in [5.74, 6) is 1.76. The molecule has 31 heavy (non-hydrogen) atoms. The maximum absolute atomic E-state index is 10.8. The van der Waals surface area contributed by atoms with Crippen molar-refractivity contribution in [2.75, 3.05) is 19.7 Å². The fraction of sp³-hybridized carbons (Fsp3) is 0.304. The number of nitrogens with two attached hydrogens (primary N) is 1. The van der Waals surface area contributed by atoms with Crippen LogP contribution in [0.1, 0.15) is 23.8 Å². The van der Waals surface area contributed by atoms with Gasteiger partial charge in [0.2, 0.25) is 0 Å². The Labute approximate surface area is 199 Å². The van der Waals surface area contributed by atoms with E-state index in [-0.39, 0.29) is 30.6 Å². The van der Waals surface area contributed by atoms with Gasteiger partial charge in [0.15, 0.2) is 12.6 Å². The zero-order valence-corrected chi connectivity index (χ0v) is 20.1. The van der Waals surface area contributed by atoms with Gasteiger partial charge in [0.1, 0.15) is 23.6 Å². The molecule has 4 N–H and O–H groups in total. The second-order valence-corrected chi connectivity index (χ2v) is 6.92. The number of amides is 1. The van der Waals surface area contributed by atoms with Gasteiger partial charge in [-0.05, 0) is 44.0 Å². The second-order valence-electron chi connectivity index (χ2n) is 6.92. The van der Waals surface area contributed by atoms with Gasteiger partial charge < -0.3 is 25.5 Å². The molecule has 0 bridgehead atoms. The van der Waals surface area contributed by atoms with Gasteiger partial charge in [-0.2, -0.15) is 0 Å². The molecular formula is C23H29IN4O3. The molecule has 0 saturated heterocycles. The summed E-state index contributed by atoms with van der Waals surface area (Å²) in [4.78, 5) is 15.4. The molecule has 0 aliphatic rings. The van der Waals surface area contributed by atoms with Gasteiger partial charge in [-0.3, -0.25) is 4.79 Å². The lowest BCUT2D eigenvalue weighted by Crippen LogP contribution is -2.38. The molecule has 166 valence electrons. The van der Waals surface area contributed by atoms with Crippen LogP contribution in [0.25, 0.3) is 11.0 Å². The number of carbonyl (C=O) groups is 1. The van der Waals surface area contributed by atoms with Crippen LogP contribution in [0.3, 0.4) is 0 Å². The van der Waals surface area contributed by atoms with E-state index < -0.39 is 5.91 Å². The van der Waals surface area contributed by atoms with E-state index >= 15 is 0 Å². The number of primary amides is 1. The number of hydrogen-bond acceptors (Lipinski definition) is 4.